The Morgan fingerprint density at radius 2 is 2.00 bits per heavy atom. The minimum Gasteiger partial charge on any atom is -0.389 e. The van der Waals surface area contributed by atoms with Gasteiger partial charge in [-0.25, -0.2) is 4.39 Å². The van der Waals surface area contributed by atoms with E-state index in [1.165, 1.54) is 6.07 Å². The first-order chi connectivity index (χ1) is 9.61. The molecule has 3 nitrogen and oxygen atoms in total. The van der Waals surface area contributed by atoms with Crippen LogP contribution in [0.1, 0.15) is 18.1 Å². The Morgan fingerprint density at radius 1 is 1.30 bits per heavy atom. The van der Waals surface area contributed by atoms with Crippen LogP contribution in [-0.4, -0.2) is 16.5 Å². The molecule has 104 valence electrons. The standard InChI is InChI=1S/C15H16FN3S/c1-2-19(10-11-5-7-18-8-6-11)12-3-4-13(15(17)20)14(16)9-12/h3-9H,2,10H2,1H3,(H2,17,20). The first-order valence-electron chi connectivity index (χ1n) is 6.35. The van der Waals surface area contributed by atoms with E-state index in [-0.39, 0.29) is 16.4 Å². The second-order valence-electron chi connectivity index (χ2n) is 4.40. The normalized spacial score (nSPS) is 10.3. The molecule has 0 saturated heterocycles. The first-order valence-corrected chi connectivity index (χ1v) is 6.76. The smallest absolute Gasteiger partial charge is 0.135 e. The van der Waals surface area contributed by atoms with Crippen molar-refractivity contribution < 1.29 is 4.39 Å². The first kappa shape index (κ1) is 14.4. The lowest BCUT2D eigenvalue weighted by molar-refractivity contribution is 0.624. The maximum absolute atomic E-state index is 13.9. The summed E-state index contributed by atoms with van der Waals surface area (Å²) >= 11 is 4.81. The van der Waals surface area contributed by atoms with Crippen LogP contribution in [0, 0.1) is 5.82 Å². The zero-order valence-electron chi connectivity index (χ0n) is 11.2. The molecule has 0 spiro atoms. The third-order valence-electron chi connectivity index (χ3n) is 3.09. The van der Waals surface area contributed by atoms with Crippen LogP contribution in [0.2, 0.25) is 0 Å². The summed E-state index contributed by atoms with van der Waals surface area (Å²) in [6, 6.07) is 8.83. The van der Waals surface area contributed by atoms with Crippen molar-refractivity contribution in [2.24, 2.45) is 5.73 Å². The number of hydrogen-bond acceptors (Lipinski definition) is 3. The highest BCUT2D eigenvalue weighted by molar-refractivity contribution is 7.80. The van der Waals surface area contributed by atoms with E-state index in [1.54, 1.807) is 18.5 Å². The fourth-order valence-corrected chi connectivity index (χ4v) is 2.16. The third kappa shape index (κ3) is 3.30. The molecule has 0 aliphatic heterocycles. The maximum atomic E-state index is 13.9. The highest BCUT2D eigenvalue weighted by Gasteiger charge is 2.10. The largest absolute Gasteiger partial charge is 0.389 e. The zero-order valence-corrected chi connectivity index (χ0v) is 12.0. The molecule has 0 radical (unpaired) electrons. The minimum absolute atomic E-state index is 0.0752. The average Bonchev–Trinajstić information content (AvgIpc) is 2.45. The fourth-order valence-electron chi connectivity index (χ4n) is 1.99. The Bertz CT molecular complexity index is 601. The zero-order chi connectivity index (χ0) is 14.5. The van der Waals surface area contributed by atoms with Crippen LogP contribution in [0.15, 0.2) is 42.7 Å². The molecule has 2 N–H and O–H groups in total. The topological polar surface area (TPSA) is 42.2 Å². The van der Waals surface area contributed by atoms with E-state index in [1.807, 2.05) is 25.1 Å². The van der Waals surface area contributed by atoms with Gasteiger partial charge in [0.25, 0.3) is 0 Å². The molecular formula is C15H16FN3S. The summed E-state index contributed by atoms with van der Waals surface area (Å²) in [6.07, 6.45) is 3.50. The summed E-state index contributed by atoms with van der Waals surface area (Å²) < 4.78 is 13.9. The fraction of sp³-hybridized carbons (Fsp3) is 0.200. The number of benzene rings is 1. The molecule has 1 aromatic carbocycles. The number of pyridine rings is 1. The molecule has 0 saturated carbocycles. The van der Waals surface area contributed by atoms with Crippen molar-refractivity contribution in [1.82, 2.24) is 4.98 Å². The van der Waals surface area contributed by atoms with Crippen molar-refractivity contribution >= 4 is 22.9 Å². The number of hydrogen-bond donors (Lipinski definition) is 1. The van der Waals surface area contributed by atoms with Gasteiger partial charge in [0.15, 0.2) is 0 Å². The SMILES string of the molecule is CCN(Cc1ccncc1)c1ccc(C(N)=S)c(F)c1. The summed E-state index contributed by atoms with van der Waals surface area (Å²) in [5.41, 5.74) is 7.68. The van der Waals surface area contributed by atoms with Crippen LogP contribution in [0.25, 0.3) is 0 Å². The van der Waals surface area contributed by atoms with Gasteiger partial charge >= 0.3 is 0 Å². The maximum Gasteiger partial charge on any atom is 0.135 e. The van der Waals surface area contributed by atoms with Crippen LogP contribution >= 0.6 is 12.2 Å². The summed E-state index contributed by atoms with van der Waals surface area (Å²) in [4.78, 5) is 6.14. The van der Waals surface area contributed by atoms with Gasteiger partial charge in [0, 0.05) is 36.7 Å². The van der Waals surface area contributed by atoms with Crippen LogP contribution in [-0.2, 0) is 6.54 Å². The van der Waals surface area contributed by atoms with Gasteiger partial charge in [0.2, 0.25) is 0 Å². The monoisotopic (exact) mass is 289 g/mol. The summed E-state index contributed by atoms with van der Waals surface area (Å²) in [6.45, 7) is 3.50. The van der Waals surface area contributed by atoms with Gasteiger partial charge in [-0.2, -0.15) is 0 Å². The molecule has 2 aromatic rings. The molecule has 1 heterocycles. The van der Waals surface area contributed by atoms with Crippen LogP contribution < -0.4 is 10.6 Å². The predicted octanol–water partition coefficient (Wildman–Crippen LogP) is 2.88. The van der Waals surface area contributed by atoms with Crippen LogP contribution in [0.5, 0.6) is 0 Å². The minimum atomic E-state index is -0.386. The van der Waals surface area contributed by atoms with Crippen LogP contribution in [0.4, 0.5) is 10.1 Å². The number of halogens is 1. The Kier molecular flexibility index (Phi) is 4.63. The van der Waals surface area contributed by atoms with Gasteiger partial charge in [0.05, 0.1) is 0 Å². The average molecular weight is 289 g/mol. The van der Waals surface area contributed by atoms with Gasteiger partial charge in [0.1, 0.15) is 10.8 Å². The Labute approximate surface area is 123 Å². The number of aromatic nitrogens is 1. The lowest BCUT2D eigenvalue weighted by Gasteiger charge is -2.23. The molecule has 0 fully saturated rings. The number of thiocarbonyl (C=S) groups is 1. The Hall–Kier alpha value is -2.01. The molecule has 5 heteroatoms. The Balaban J connectivity index is 2.24. The molecule has 0 aliphatic carbocycles. The summed E-state index contributed by atoms with van der Waals surface area (Å²) in [5.74, 6) is -0.386. The van der Waals surface area contributed by atoms with Gasteiger partial charge in [-0.1, -0.05) is 12.2 Å². The number of anilines is 1. The molecule has 20 heavy (non-hydrogen) atoms. The number of nitrogens with two attached hydrogens (primary N) is 1. The van der Waals surface area contributed by atoms with Crippen LogP contribution in [0.3, 0.4) is 0 Å². The highest BCUT2D eigenvalue weighted by Crippen LogP contribution is 2.20. The summed E-state index contributed by atoms with van der Waals surface area (Å²) in [5, 5.41) is 0. The second kappa shape index (κ2) is 6.43. The molecule has 0 bridgehead atoms. The van der Waals surface area contributed by atoms with E-state index in [0.29, 0.717) is 6.54 Å². The second-order valence-corrected chi connectivity index (χ2v) is 4.84. The lowest BCUT2D eigenvalue weighted by atomic mass is 10.1. The molecule has 0 aliphatic rings. The molecule has 0 unspecified atom stereocenters. The van der Waals surface area contributed by atoms with Gasteiger partial charge in [-0.05, 0) is 42.8 Å². The number of rotatable bonds is 5. The molecule has 1 aromatic heterocycles. The number of nitrogens with zero attached hydrogens (tertiary/aromatic N) is 2. The van der Waals surface area contributed by atoms with Gasteiger partial charge in [-0.3, -0.25) is 4.98 Å². The quantitative estimate of drug-likeness (QED) is 0.859. The van der Waals surface area contributed by atoms with E-state index in [2.05, 4.69) is 9.88 Å². The summed E-state index contributed by atoms with van der Waals surface area (Å²) in [7, 11) is 0. The van der Waals surface area contributed by atoms with Crippen molar-refractivity contribution in [1.29, 1.82) is 0 Å². The van der Waals surface area contributed by atoms with Crippen molar-refractivity contribution in [3.8, 4) is 0 Å². The molecule has 2 rings (SSSR count). The molecule has 0 amide bonds. The van der Waals surface area contributed by atoms with Crippen molar-refractivity contribution in [3.05, 3.63) is 59.7 Å². The van der Waals surface area contributed by atoms with Gasteiger partial charge in [-0.15, -0.1) is 0 Å². The van der Waals surface area contributed by atoms with Crippen molar-refractivity contribution in [3.63, 3.8) is 0 Å². The van der Waals surface area contributed by atoms with Gasteiger partial charge < -0.3 is 10.6 Å². The van der Waals surface area contributed by atoms with E-state index < -0.39 is 0 Å². The third-order valence-corrected chi connectivity index (χ3v) is 3.31. The van der Waals surface area contributed by atoms with E-state index in [4.69, 9.17) is 18.0 Å². The Morgan fingerprint density at radius 3 is 2.55 bits per heavy atom. The molecular weight excluding hydrogens is 273 g/mol. The highest BCUT2D eigenvalue weighted by atomic mass is 32.1. The predicted molar refractivity (Wildman–Crippen MR) is 83.2 cm³/mol. The van der Waals surface area contributed by atoms with E-state index in [0.717, 1.165) is 17.8 Å². The van der Waals surface area contributed by atoms with Crippen molar-refractivity contribution in [2.75, 3.05) is 11.4 Å². The lowest BCUT2D eigenvalue weighted by Crippen LogP contribution is -2.22. The van der Waals surface area contributed by atoms with Crippen molar-refractivity contribution in [2.45, 2.75) is 13.5 Å². The molecule has 0 atom stereocenters. The van der Waals surface area contributed by atoms with E-state index >= 15 is 0 Å². The van der Waals surface area contributed by atoms with E-state index in [9.17, 15) is 4.39 Å².